The van der Waals surface area contributed by atoms with E-state index in [0.29, 0.717) is 31.2 Å². The molecule has 1 saturated heterocycles. The Morgan fingerprint density at radius 2 is 2.03 bits per heavy atom. The van der Waals surface area contributed by atoms with Gasteiger partial charge < -0.3 is 14.8 Å². The van der Waals surface area contributed by atoms with E-state index in [4.69, 9.17) is 9.47 Å². The summed E-state index contributed by atoms with van der Waals surface area (Å²) in [5, 5.41) is 5.90. The van der Waals surface area contributed by atoms with Crippen LogP contribution in [0, 0.1) is 12.7 Å². The normalized spacial score (nSPS) is 15.0. The van der Waals surface area contributed by atoms with Crippen molar-refractivity contribution in [1.29, 1.82) is 0 Å². The Hall–Kier alpha value is -2.97. The van der Waals surface area contributed by atoms with Crippen molar-refractivity contribution in [3.05, 3.63) is 59.4 Å². The molecule has 2 N–H and O–H groups in total. The number of aryl methyl sites for hydroxylation is 1. The molecule has 7 nitrogen and oxygen atoms in total. The van der Waals surface area contributed by atoms with Gasteiger partial charge in [0.25, 0.3) is 5.91 Å². The van der Waals surface area contributed by atoms with E-state index in [1.807, 2.05) is 25.1 Å². The van der Waals surface area contributed by atoms with E-state index in [1.54, 1.807) is 13.2 Å². The minimum absolute atomic E-state index is 0.217. The highest BCUT2D eigenvalue weighted by molar-refractivity contribution is 6.10. The van der Waals surface area contributed by atoms with Crippen LogP contribution in [0.2, 0.25) is 0 Å². The van der Waals surface area contributed by atoms with E-state index in [9.17, 15) is 9.18 Å². The molecule has 3 rings (SSSR count). The van der Waals surface area contributed by atoms with Crippen LogP contribution in [0.15, 0.2) is 47.5 Å². The molecule has 8 heteroatoms. The second-order valence-corrected chi connectivity index (χ2v) is 6.98. The Bertz CT molecular complexity index is 898. The number of carbonyl (C=O) groups excluding carboxylic acids is 1. The maximum absolute atomic E-state index is 13.5. The zero-order valence-corrected chi connectivity index (χ0v) is 17.3. The van der Waals surface area contributed by atoms with Gasteiger partial charge in [-0.2, -0.15) is 0 Å². The summed E-state index contributed by atoms with van der Waals surface area (Å²) in [6.45, 7) is 6.34. The van der Waals surface area contributed by atoms with Crippen molar-refractivity contribution in [3.8, 4) is 5.75 Å². The quantitative estimate of drug-likeness (QED) is 0.562. The third-order valence-electron chi connectivity index (χ3n) is 4.72. The monoisotopic (exact) mass is 414 g/mol. The van der Waals surface area contributed by atoms with Gasteiger partial charge in [0.2, 0.25) is 5.96 Å². The van der Waals surface area contributed by atoms with Gasteiger partial charge in [-0.15, -0.1) is 0 Å². The summed E-state index contributed by atoms with van der Waals surface area (Å²) in [6.07, 6.45) is 0. The molecule has 2 aromatic rings. The van der Waals surface area contributed by atoms with Gasteiger partial charge in [0.15, 0.2) is 0 Å². The fraction of sp³-hybridized carbons (Fsp3) is 0.364. The average molecular weight is 414 g/mol. The van der Waals surface area contributed by atoms with Gasteiger partial charge in [-0.25, -0.2) is 4.39 Å². The number of aliphatic imine (C=N–C) groups is 1. The predicted molar refractivity (Wildman–Crippen MR) is 115 cm³/mol. The number of methoxy groups -OCH3 is 1. The first-order valence-corrected chi connectivity index (χ1v) is 9.88. The molecule has 0 atom stereocenters. The lowest BCUT2D eigenvalue weighted by Gasteiger charge is -2.25. The molecule has 0 saturated carbocycles. The van der Waals surface area contributed by atoms with Crippen molar-refractivity contribution in [1.82, 2.24) is 10.2 Å². The largest absolute Gasteiger partial charge is 0.495 e. The first kappa shape index (κ1) is 21.7. The molecule has 0 spiro atoms. The molecule has 0 radical (unpaired) electrons. The van der Waals surface area contributed by atoms with Gasteiger partial charge in [0.05, 0.1) is 32.6 Å². The number of nitrogens with zero attached hydrogens (tertiary/aromatic N) is 2. The molecule has 1 fully saturated rings. The molecule has 30 heavy (non-hydrogen) atoms. The molecule has 2 aromatic carbocycles. The number of benzene rings is 2. The van der Waals surface area contributed by atoms with Gasteiger partial charge in [-0.1, -0.05) is 12.1 Å². The summed E-state index contributed by atoms with van der Waals surface area (Å²) >= 11 is 0. The van der Waals surface area contributed by atoms with Crippen molar-refractivity contribution in [2.75, 3.05) is 51.8 Å². The van der Waals surface area contributed by atoms with Gasteiger partial charge in [0, 0.05) is 25.2 Å². The Morgan fingerprint density at radius 1 is 1.23 bits per heavy atom. The number of carbonyl (C=O) groups is 1. The fourth-order valence-electron chi connectivity index (χ4n) is 3.09. The second-order valence-electron chi connectivity index (χ2n) is 6.98. The minimum Gasteiger partial charge on any atom is -0.495 e. The zero-order valence-electron chi connectivity index (χ0n) is 17.3. The van der Waals surface area contributed by atoms with Crippen LogP contribution in [-0.2, 0) is 4.74 Å². The van der Waals surface area contributed by atoms with E-state index in [0.717, 1.165) is 25.2 Å². The number of amides is 1. The van der Waals surface area contributed by atoms with Crippen LogP contribution in [0.5, 0.6) is 5.75 Å². The van der Waals surface area contributed by atoms with E-state index in [-0.39, 0.29) is 11.5 Å². The lowest BCUT2D eigenvalue weighted by Crippen LogP contribution is -2.39. The summed E-state index contributed by atoms with van der Waals surface area (Å²) < 4.78 is 24.3. The topological polar surface area (TPSA) is 75.2 Å². The third-order valence-corrected chi connectivity index (χ3v) is 4.72. The smallest absolute Gasteiger partial charge is 0.258 e. The number of anilines is 1. The maximum Gasteiger partial charge on any atom is 0.258 e. The Balaban J connectivity index is 1.76. The van der Waals surface area contributed by atoms with Crippen LogP contribution >= 0.6 is 0 Å². The molecule has 160 valence electrons. The fourth-order valence-corrected chi connectivity index (χ4v) is 3.09. The Kier molecular flexibility index (Phi) is 7.75. The molecule has 1 heterocycles. The lowest BCUT2D eigenvalue weighted by atomic mass is 10.2. The minimum atomic E-state index is -0.471. The number of guanidine groups is 1. The van der Waals surface area contributed by atoms with Crippen LogP contribution in [0.3, 0.4) is 0 Å². The van der Waals surface area contributed by atoms with Crippen molar-refractivity contribution in [3.63, 3.8) is 0 Å². The van der Waals surface area contributed by atoms with Crippen molar-refractivity contribution >= 4 is 17.6 Å². The summed E-state index contributed by atoms with van der Waals surface area (Å²) in [4.78, 5) is 19.4. The van der Waals surface area contributed by atoms with Crippen LogP contribution < -0.4 is 15.4 Å². The van der Waals surface area contributed by atoms with Gasteiger partial charge in [-0.05, 0) is 42.8 Å². The number of nitrogens with one attached hydrogen (secondary N) is 2. The van der Waals surface area contributed by atoms with E-state index < -0.39 is 11.7 Å². The number of morpholine rings is 1. The molecule has 0 aliphatic carbocycles. The highest BCUT2D eigenvalue weighted by atomic mass is 19.1. The standard InChI is InChI=1S/C22H27FN4O3/c1-16-6-7-20(29-2)19(14-16)25-22(24-8-9-27-10-12-30-13-11-27)26-21(28)17-4-3-5-18(23)15-17/h3-7,14-15H,8-13H2,1-2H3,(H2,24,25,26,28). The number of ether oxygens (including phenoxy) is 2. The third kappa shape index (κ3) is 6.27. The van der Waals surface area contributed by atoms with Crippen LogP contribution in [0.4, 0.5) is 10.1 Å². The van der Waals surface area contributed by atoms with Gasteiger partial charge in [-0.3, -0.25) is 20.0 Å². The number of hydrogen-bond donors (Lipinski definition) is 2. The zero-order chi connectivity index (χ0) is 21.3. The SMILES string of the molecule is COc1ccc(C)cc1NC(=NCCN1CCOCC1)NC(=O)c1cccc(F)c1. The van der Waals surface area contributed by atoms with E-state index >= 15 is 0 Å². The molecule has 1 aliphatic heterocycles. The number of halogens is 1. The molecule has 1 aliphatic rings. The highest BCUT2D eigenvalue weighted by Gasteiger charge is 2.13. The first-order chi connectivity index (χ1) is 14.5. The Labute approximate surface area is 175 Å². The van der Waals surface area contributed by atoms with E-state index in [1.165, 1.54) is 18.2 Å². The highest BCUT2D eigenvalue weighted by Crippen LogP contribution is 2.25. The first-order valence-electron chi connectivity index (χ1n) is 9.88. The van der Waals surface area contributed by atoms with Crippen LogP contribution in [0.1, 0.15) is 15.9 Å². The van der Waals surface area contributed by atoms with Crippen molar-refractivity contribution < 1.29 is 18.7 Å². The maximum atomic E-state index is 13.5. The summed E-state index contributed by atoms with van der Waals surface area (Å²) in [5.41, 5.74) is 1.93. The number of hydrogen-bond acceptors (Lipinski definition) is 5. The second kappa shape index (κ2) is 10.7. The summed E-state index contributed by atoms with van der Waals surface area (Å²) in [5.74, 6) is -0.0107. The van der Waals surface area contributed by atoms with Crippen molar-refractivity contribution in [2.45, 2.75) is 6.92 Å². The lowest BCUT2D eigenvalue weighted by molar-refractivity contribution is 0.0394. The summed E-state index contributed by atoms with van der Waals surface area (Å²) in [6, 6.07) is 11.2. The molecular formula is C22H27FN4O3. The molecule has 0 aromatic heterocycles. The average Bonchev–Trinajstić information content (AvgIpc) is 2.74. The predicted octanol–water partition coefficient (Wildman–Crippen LogP) is 2.67. The molecule has 0 unspecified atom stereocenters. The molecular weight excluding hydrogens is 387 g/mol. The molecule has 0 bridgehead atoms. The summed E-state index contributed by atoms with van der Waals surface area (Å²) in [7, 11) is 1.58. The number of rotatable bonds is 6. The van der Waals surface area contributed by atoms with Crippen molar-refractivity contribution in [2.24, 2.45) is 4.99 Å². The van der Waals surface area contributed by atoms with Crippen LogP contribution in [0.25, 0.3) is 0 Å². The van der Waals surface area contributed by atoms with Gasteiger partial charge >= 0.3 is 0 Å². The Morgan fingerprint density at radius 3 is 2.77 bits per heavy atom. The van der Waals surface area contributed by atoms with Crippen LogP contribution in [-0.4, -0.2) is 63.3 Å². The van der Waals surface area contributed by atoms with E-state index in [2.05, 4.69) is 20.5 Å². The molecule has 1 amide bonds. The van der Waals surface area contributed by atoms with Gasteiger partial charge in [0.1, 0.15) is 11.6 Å².